The molecule has 2 aromatic carbocycles. The standard InChI is InChI=1S/C26H31N3OS/c1-15-9-8-10-21(18(15)4)27-25-28-24(30)23(31-25)13-19-12-20-17(3)14-26(5,6)29(7)22(20)11-16(19)2/h8-13,17H,14H2,1-7H3,(H,27,28,30)/b23-13-. The number of hydrogen-bond acceptors (Lipinski definition) is 4. The summed E-state index contributed by atoms with van der Waals surface area (Å²) in [6.45, 7) is 13.1. The van der Waals surface area contributed by atoms with Gasteiger partial charge in [-0.1, -0.05) is 19.1 Å². The van der Waals surface area contributed by atoms with Gasteiger partial charge < -0.3 is 10.2 Å². The van der Waals surface area contributed by atoms with E-state index in [9.17, 15) is 4.79 Å². The van der Waals surface area contributed by atoms with Crippen LogP contribution in [-0.2, 0) is 4.79 Å². The Morgan fingerprint density at radius 2 is 1.94 bits per heavy atom. The molecule has 2 aliphatic heterocycles. The molecule has 1 saturated heterocycles. The third kappa shape index (κ3) is 4.03. The zero-order valence-electron chi connectivity index (χ0n) is 19.5. The van der Waals surface area contributed by atoms with Crippen LogP contribution < -0.4 is 10.2 Å². The number of carbonyl (C=O) groups is 1. The number of fused-ring (bicyclic) bond motifs is 1. The van der Waals surface area contributed by atoms with Crippen LogP contribution in [0.15, 0.2) is 40.2 Å². The highest BCUT2D eigenvalue weighted by atomic mass is 32.2. The van der Waals surface area contributed by atoms with Crippen LogP contribution in [0.25, 0.3) is 6.08 Å². The van der Waals surface area contributed by atoms with E-state index >= 15 is 0 Å². The second-order valence-electron chi connectivity index (χ2n) is 9.45. The summed E-state index contributed by atoms with van der Waals surface area (Å²) < 4.78 is 0. The molecule has 0 radical (unpaired) electrons. The number of carbonyl (C=O) groups excluding carboxylic acids is 1. The molecule has 2 aromatic rings. The van der Waals surface area contributed by atoms with Gasteiger partial charge in [-0.25, -0.2) is 4.99 Å². The maximum Gasteiger partial charge on any atom is 0.264 e. The average molecular weight is 434 g/mol. The fourth-order valence-electron chi connectivity index (χ4n) is 4.48. The molecule has 0 bridgehead atoms. The van der Waals surface area contributed by atoms with Crippen molar-refractivity contribution in [2.24, 2.45) is 4.99 Å². The van der Waals surface area contributed by atoms with Gasteiger partial charge in [0.2, 0.25) is 0 Å². The third-order valence-corrected chi connectivity index (χ3v) is 7.67. The van der Waals surface area contributed by atoms with Crippen LogP contribution >= 0.6 is 11.8 Å². The lowest BCUT2D eigenvalue weighted by atomic mass is 9.79. The number of thioether (sulfide) groups is 1. The van der Waals surface area contributed by atoms with Gasteiger partial charge >= 0.3 is 0 Å². The second-order valence-corrected chi connectivity index (χ2v) is 10.5. The number of nitrogens with zero attached hydrogens (tertiary/aromatic N) is 2. The summed E-state index contributed by atoms with van der Waals surface area (Å²) in [5, 5.41) is 3.56. The third-order valence-electron chi connectivity index (χ3n) is 6.76. The van der Waals surface area contributed by atoms with E-state index in [-0.39, 0.29) is 11.4 Å². The zero-order chi connectivity index (χ0) is 22.5. The lowest BCUT2D eigenvalue weighted by Crippen LogP contribution is -2.45. The van der Waals surface area contributed by atoms with E-state index in [0.717, 1.165) is 23.2 Å². The van der Waals surface area contributed by atoms with E-state index in [1.54, 1.807) is 0 Å². The zero-order valence-corrected chi connectivity index (χ0v) is 20.3. The molecule has 31 heavy (non-hydrogen) atoms. The quantitative estimate of drug-likeness (QED) is 0.571. The lowest BCUT2D eigenvalue weighted by molar-refractivity contribution is -0.115. The Morgan fingerprint density at radius 3 is 2.68 bits per heavy atom. The largest absolute Gasteiger partial charge is 0.369 e. The molecule has 0 spiro atoms. The number of aryl methyl sites for hydroxylation is 2. The van der Waals surface area contributed by atoms with Gasteiger partial charge in [0.05, 0.1) is 10.6 Å². The Kier molecular flexibility index (Phi) is 5.50. The number of benzene rings is 2. The smallest absolute Gasteiger partial charge is 0.264 e. The maximum atomic E-state index is 12.6. The molecule has 1 unspecified atom stereocenters. The SMILES string of the molecule is Cc1cc2c(cc1/C=C1\SC(=Nc3cccc(C)c3C)NC1=O)C(C)CC(C)(C)N2C. The summed E-state index contributed by atoms with van der Waals surface area (Å²) >= 11 is 1.41. The van der Waals surface area contributed by atoms with E-state index in [1.165, 1.54) is 34.1 Å². The number of amidine groups is 1. The Morgan fingerprint density at radius 1 is 1.19 bits per heavy atom. The van der Waals surface area contributed by atoms with Crippen LogP contribution in [0, 0.1) is 20.8 Å². The first-order valence-electron chi connectivity index (χ1n) is 10.8. The first-order chi connectivity index (χ1) is 14.6. The van der Waals surface area contributed by atoms with Crippen molar-refractivity contribution >= 4 is 40.3 Å². The minimum absolute atomic E-state index is 0.0857. The van der Waals surface area contributed by atoms with Crippen LogP contribution in [0.3, 0.4) is 0 Å². The first-order valence-corrected chi connectivity index (χ1v) is 11.6. The molecule has 2 heterocycles. The topological polar surface area (TPSA) is 44.7 Å². The fraction of sp³-hybridized carbons (Fsp3) is 0.385. The highest BCUT2D eigenvalue weighted by molar-refractivity contribution is 8.18. The fourth-order valence-corrected chi connectivity index (χ4v) is 5.30. The predicted molar refractivity (Wildman–Crippen MR) is 133 cm³/mol. The Bertz CT molecular complexity index is 1130. The monoisotopic (exact) mass is 433 g/mol. The number of nitrogens with one attached hydrogen (secondary N) is 1. The van der Waals surface area contributed by atoms with Gasteiger partial charge in [0.15, 0.2) is 5.17 Å². The van der Waals surface area contributed by atoms with Crippen molar-refractivity contribution in [1.82, 2.24) is 5.32 Å². The molecule has 4 nitrogen and oxygen atoms in total. The Labute approximate surface area is 189 Å². The predicted octanol–water partition coefficient (Wildman–Crippen LogP) is 6.23. The summed E-state index contributed by atoms with van der Waals surface area (Å²) in [4.78, 5) is 20.4. The summed E-state index contributed by atoms with van der Waals surface area (Å²) in [5.41, 5.74) is 8.29. The van der Waals surface area contributed by atoms with E-state index in [0.29, 0.717) is 16.0 Å². The number of aliphatic imine (C=N–C) groups is 1. The van der Waals surface area contributed by atoms with Crippen molar-refractivity contribution in [1.29, 1.82) is 0 Å². The van der Waals surface area contributed by atoms with Crippen LogP contribution in [0.2, 0.25) is 0 Å². The van der Waals surface area contributed by atoms with Gasteiger partial charge in [0.1, 0.15) is 0 Å². The van der Waals surface area contributed by atoms with Crippen molar-refractivity contribution in [3.05, 3.63) is 63.1 Å². The summed E-state index contributed by atoms with van der Waals surface area (Å²) in [5.74, 6) is 0.392. The van der Waals surface area contributed by atoms with Crippen LogP contribution in [0.4, 0.5) is 11.4 Å². The highest BCUT2D eigenvalue weighted by Crippen LogP contribution is 2.44. The molecule has 1 fully saturated rings. The molecule has 1 N–H and O–H groups in total. The van der Waals surface area contributed by atoms with Gasteiger partial charge in [-0.15, -0.1) is 0 Å². The van der Waals surface area contributed by atoms with Gasteiger partial charge in [0, 0.05) is 18.3 Å². The molecule has 0 saturated carbocycles. The summed E-state index contributed by atoms with van der Waals surface area (Å²) in [7, 11) is 2.18. The van der Waals surface area contributed by atoms with Gasteiger partial charge in [-0.3, -0.25) is 4.79 Å². The van der Waals surface area contributed by atoms with Gasteiger partial charge in [0.25, 0.3) is 5.91 Å². The van der Waals surface area contributed by atoms with Crippen molar-refractivity contribution < 1.29 is 4.79 Å². The molecule has 1 atom stereocenters. The molecule has 0 aliphatic carbocycles. The molecular weight excluding hydrogens is 402 g/mol. The molecule has 4 rings (SSSR count). The van der Waals surface area contributed by atoms with Crippen LogP contribution in [-0.4, -0.2) is 23.7 Å². The van der Waals surface area contributed by atoms with Crippen LogP contribution in [0.5, 0.6) is 0 Å². The van der Waals surface area contributed by atoms with Crippen molar-refractivity contribution in [2.45, 2.75) is 59.4 Å². The highest BCUT2D eigenvalue weighted by Gasteiger charge is 2.34. The molecule has 2 aliphatic rings. The normalized spacial score (nSPS) is 22.7. The summed E-state index contributed by atoms with van der Waals surface area (Å²) in [6.07, 6.45) is 3.12. The van der Waals surface area contributed by atoms with Gasteiger partial charge in [-0.05, 0) is 111 Å². The average Bonchev–Trinajstić information content (AvgIpc) is 3.03. The number of anilines is 1. The lowest BCUT2D eigenvalue weighted by Gasteiger charge is -2.45. The maximum absolute atomic E-state index is 12.6. The van der Waals surface area contributed by atoms with Crippen molar-refractivity contribution in [2.75, 3.05) is 11.9 Å². The van der Waals surface area contributed by atoms with E-state index in [2.05, 4.69) is 77.0 Å². The van der Waals surface area contributed by atoms with E-state index in [1.807, 2.05) is 18.2 Å². The Balaban J connectivity index is 1.67. The molecule has 0 aromatic heterocycles. The summed E-state index contributed by atoms with van der Waals surface area (Å²) in [6, 6.07) is 10.6. The molecular formula is C26H31N3OS. The van der Waals surface area contributed by atoms with Crippen molar-refractivity contribution in [3.63, 3.8) is 0 Å². The molecule has 162 valence electrons. The van der Waals surface area contributed by atoms with Gasteiger partial charge in [-0.2, -0.15) is 0 Å². The van der Waals surface area contributed by atoms with E-state index in [4.69, 9.17) is 4.99 Å². The molecule has 1 amide bonds. The first kappa shape index (κ1) is 21.7. The second kappa shape index (κ2) is 7.86. The molecule has 5 heteroatoms. The number of amides is 1. The van der Waals surface area contributed by atoms with Crippen molar-refractivity contribution in [3.8, 4) is 0 Å². The number of hydrogen-bond donors (Lipinski definition) is 1. The Hall–Kier alpha value is -2.53. The minimum Gasteiger partial charge on any atom is -0.369 e. The van der Waals surface area contributed by atoms with Crippen LogP contribution in [0.1, 0.15) is 60.9 Å². The van der Waals surface area contributed by atoms with E-state index < -0.39 is 0 Å². The number of rotatable bonds is 2. The minimum atomic E-state index is -0.0857.